The first-order chi connectivity index (χ1) is 7.58. The van der Waals surface area contributed by atoms with Crippen LogP contribution in [0.25, 0.3) is 0 Å². The van der Waals surface area contributed by atoms with Gasteiger partial charge in [0.25, 0.3) is 5.91 Å². The lowest BCUT2D eigenvalue weighted by molar-refractivity contribution is -0.0585. The second kappa shape index (κ2) is 4.51. The molecule has 4 nitrogen and oxygen atoms in total. The lowest BCUT2D eigenvalue weighted by Crippen LogP contribution is -2.48. The SMILES string of the molecule is Cc1ncsc1C(=O)N1C[C@@H](C)O[C@@H](C)C1. The van der Waals surface area contributed by atoms with Gasteiger partial charge in [0.05, 0.1) is 23.4 Å². The van der Waals surface area contributed by atoms with E-state index < -0.39 is 0 Å². The van der Waals surface area contributed by atoms with E-state index in [9.17, 15) is 4.79 Å². The van der Waals surface area contributed by atoms with Crippen molar-refractivity contribution in [1.82, 2.24) is 9.88 Å². The van der Waals surface area contributed by atoms with Crippen molar-refractivity contribution >= 4 is 17.2 Å². The molecule has 2 heterocycles. The van der Waals surface area contributed by atoms with Gasteiger partial charge in [-0.2, -0.15) is 0 Å². The normalized spacial score (nSPS) is 25.8. The molecule has 0 unspecified atom stereocenters. The smallest absolute Gasteiger partial charge is 0.266 e. The summed E-state index contributed by atoms with van der Waals surface area (Å²) < 4.78 is 5.61. The van der Waals surface area contributed by atoms with Gasteiger partial charge in [-0.1, -0.05) is 0 Å². The van der Waals surface area contributed by atoms with Gasteiger partial charge in [0.1, 0.15) is 4.88 Å². The third-order valence-corrected chi connectivity index (χ3v) is 3.56. The molecule has 1 saturated heterocycles. The van der Waals surface area contributed by atoms with Gasteiger partial charge in [0.15, 0.2) is 0 Å². The number of carbonyl (C=O) groups is 1. The number of aryl methyl sites for hydroxylation is 1. The van der Waals surface area contributed by atoms with Crippen LogP contribution in [0.15, 0.2) is 5.51 Å². The largest absolute Gasteiger partial charge is 0.372 e. The molecule has 0 N–H and O–H groups in total. The molecule has 0 spiro atoms. The molecule has 0 bridgehead atoms. The highest BCUT2D eigenvalue weighted by Crippen LogP contribution is 2.18. The Morgan fingerprint density at radius 2 is 2.12 bits per heavy atom. The number of hydrogen-bond donors (Lipinski definition) is 0. The van der Waals surface area contributed by atoms with Crippen molar-refractivity contribution in [2.45, 2.75) is 33.0 Å². The maximum atomic E-state index is 12.2. The lowest BCUT2D eigenvalue weighted by atomic mass is 10.2. The molecule has 1 aromatic rings. The Hall–Kier alpha value is -0.940. The second-order valence-electron chi connectivity index (χ2n) is 4.23. The zero-order valence-electron chi connectivity index (χ0n) is 9.77. The predicted octanol–water partition coefficient (Wildman–Crippen LogP) is 1.70. The van der Waals surface area contributed by atoms with E-state index in [1.165, 1.54) is 11.3 Å². The zero-order valence-corrected chi connectivity index (χ0v) is 10.6. The van der Waals surface area contributed by atoms with E-state index in [1.807, 2.05) is 25.7 Å². The molecule has 0 saturated carbocycles. The number of morpholine rings is 1. The summed E-state index contributed by atoms with van der Waals surface area (Å²) in [5.41, 5.74) is 2.54. The van der Waals surface area contributed by atoms with Crippen molar-refractivity contribution in [1.29, 1.82) is 0 Å². The molecule has 16 heavy (non-hydrogen) atoms. The Morgan fingerprint density at radius 3 is 2.62 bits per heavy atom. The van der Waals surface area contributed by atoms with Crippen molar-refractivity contribution in [2.24, 2.45) is 0 Å². The van der Waals surface area contributed by atoms with Crippen molar-refractivity contribution in [2.75, 3.05) is 13.1 Å². The first-order valence-corrected chi connectivity index (χ1v) is 6.30. The van der Waals surface area contributed by atoms with Crippen LogP contribution in [0.1, 0.15) is 29.2 Å². The molecule has 1 aliphatic rings. The number of amides is 1. The van der Waals surface area contributed by atoms with Crippen molar-refractivity contribution in [3.63, 3.8) is 0 Å². The molecule has 0 aliphatic carbocycles. The van der Waals surface area contributed by atoms with Crippen molar-refractivity contribution in [3.8, 4) is 0 Å². The molecule has 0 aromatic carbocycles. The summed E-state index contributed by atoms with van der Waals surface area (Å²) in [6.07, 6.45) is 0.224. The molecule has 2 atom stereocenters. The highest BCUT2D eigenvalue weighted by Gasteiger charge is 2.28. The Labute approximate surface area is 99.2 Å². The Morgan fingerprint density at radius 1 is 1.50 bits per heavy atom. The van der Waals surface area contributed by atoms with Crippen LogP contribution in [0, 0.1) is 6.92 Å². The number of carbonyl (C=O) groups excluding carboxylic acids is 1. The molecular weight excluding hydrogens is 224 g/mol. The fraction of sp³-hybridized carbons (Fsp3) is 0.636. The van der Waals surface area contributed by atoms with E-state index in [0.717, 1.165) is 10.6 Å². The molecule has 1 amide bonds. The van der Waals surface area contributed by atoms with E-state index in [4.69, 9.17) is 4.74 Å². The van der Waals surface area contributed by atoms with Gasteiger partial charge in [-0.05, 0) is 20.8 Å². The second-order valence-corrected chi connectivity index (χ2v) is 5.09. The molecule has 1 aromatic heterocycles. The van der Waals surface area contributed by atoms with Gasteiger partial charge in [-0.3, -0.25) is 4.79 Å². The number of rotatable bonds is 1. The van der Waals surface area contributed by atoms with E-state index in [-0.39, 0.29) is 18.1 Å². The summed E-state index contributed by atoms with van der Waals surface area (Å²) in [6.45, 7) is 7.20. The highest BCUT2D eigenvalue weighted by molar-refractivity contribution is 7.11. The Balaban J connectivity index is 2.13. The van der Waals surface area contributed by atoms with Crippen LogP contribution in [0.5, 0.6) is 0 Å². The summed E-state index contributed by atoms with van der Waals surface area (Å²) in [4.78, 5) is 18.9. The van der Waals surface area contributed by atoms with Crippen LogP contribution in [-0.2, 0) is 4.74 Å². The van der Waals surface area contributed by atoms with Gasteiger partial charge in [0, 0.05) is 13.1 Å². The molecular formula is C11H16N2O2S. The topological polar surface area (TPSA) is 42.4 Å². The van der Waals surface area contributed by atoms with Crippen molar-refractivity contribution in [3.05, 3.63) is 16.1 Å². The average Bonchev–Trinajstić information content (AvgIpc) is 2.62. The van der Waals surface area contributed by atoms with Gasteiger partial charge in [-0.25, -0.2) is 4.98 Å². The summed E-state index contributed by atoms with van der Waals surface area (Å²) in [6, 6.07) is 0. The van der Waals surface area contributed by atoms with E-state index in [2.05, 4.69) is 4.98 Å². The molecule has 1 aliphatic heterocycles. The predicted molar refractivity (Wildman–Crippen MR) is 62.8 cm³/mol. The quantitative estimate of drug-likeness (QED) is 0.750. The van der Waals surface area contributed by atoms with Crippen LogP contribution in [0.3, 0.4) is 0 Å². The third-order valence-electron chi connectivity index (χ3n) is 2.65. The van der Waals surface area contributed by atoms with E-state index in [0.29, 0.717) is 13.1 Å². The first-order valence-electron chi connectivity index (χ1n) is 5.42. The molecule has 2 rings (SSSR count). The van der Waals surface area contributed by atoms with E-state index in [1.54, 1.807) is 5.51 Å². The molecule has 88 valence electrons. The third kappa shape index (κ3) is 2.25. The molecule has 1 fully saturated rings. The number of thiazole rings is 1. The van der Waals surface area contributed by atoms with Gasteiger partial charge < -0.3 is 9.64 Å². The lowest BCUT2D eigenvalue weighted by Gasteiger charge is -2.35. The van der Waals surface area contributed by atoms with Crippen molar-refractivity contribution < 1.29 is 9.53 Å². The fourth-order valence-corrected chi connectivity index (χ4v) is 2.76. The van der Waals surface area contributed by atoms with Crippen LogP contribution in [0.2, 0.25) is 0 Å². The molecule has 5 heteroatoms. The summed E-state index contributed by atoms with van der Waals surface area (Å²) >= 11 is 1.41. The molecule has 0 radical (unpaired) electrons. The monoisotopic (exact) mass is 240 g/mol. The first kappa shape index (κ1) is 11.5. The van der Waals surface area contributed by atoms with E-state index >= 15 is 0 Å². The maximum Gasteiger partial charge on any atom is 0.266 e. The summed E-state index contributed by atoms with van der Waals surface area (Å²) in [5.74, 6) is 0.0852. The average molecular weight is 240 g/mol. The number of nitrogens with zero attached hydrogens (tertiary/aromatic N) is 2. The fourth-order valence-electron chi connectivity index (χ4n) is 1.99. The Kier molecular flexibility index (Phi) is 3.25. The van der Waals surface area contributed by atoms with Crippen LogP contribution in [-0.4, -0.2) is 41.1 Å². The number of hydrogen-bond acceptors (Lipinski definition) is 4. The minimum atomic E-state index is 0.0852. The van der Waals surface area contributed by atoms with Gasteiger partial charge in [0.2, 0.25) is 0 Å². The highest BCUT2D eigenvalue weighted by atomic mass is 32.1. The summed E-state index contributed by atoms with van der Waals surface area (Å²) in [5, 5.41) is 0. The minimum Gasteiger partial charge on any atom is -0.372 e. The van der Waals surface area contributed by atoms with Gasteiger partial charge >= 0.3 is 0 Å². The van der Waals surface area contributed by atoms with Crippen LogP contribution >= 0.6 is 11.3 Å². The van der Waals surface area contributed by atoms with Gasteiger partial charge in [-0.15, -0.1) is 11.3 Å². The zero-order chi connectivity index (χ0) is 11.7. The standard InChI is InChI=1S/C11H16N2O2S/c1-7-4-13(5-8(2)15-7)11(14)10-9(3)12-6-16-10/h6-8H,4-5H2,1-3H3/t7-,8+. The number of aromatic nitrogens is 1. The minimum absolute atomic E-state index is 0.0852. The summed E-state index contributed by atoms with van der Waals surface area (Å²) in [7, 11) is 0. The van der Waals surface area contributed by atoms with Crippen LogP contribution < -0.4 is 0 Å². The Bertz CT molecular complexity index is 381. The maximum absolute atomic E-state index is 12.2. The van der Waals surface area contributed by atoms with Crippen LogP contribution in [0.4, 0.5) is 0 Å². The number of ether oxygens (including phenoxy) is 1.